The van der Waals surface area contributed by atoms with E-state index in [0.717, 1.165) is 76.7 Å². The van der Waals surface area contributed by atoms with Crippen LogP contribution in [0.1, 0.15) is 85.1 Å². The number of allylic oxidation sites excluding steroid dienone is 1. The fourth-order valence-corrected chi connectivity index (χ4v) is 15.3. The number of hydrogen-bond donors (Lipinski definition) is 5. The molecule has 26 nitrogen and oxygen atoms in total. The molecule has 0 atom stereocenters. The molecule has 5 N–H and O–H groups in total. The number of sulfonamides is 2. The smallest absolute Gasteiger partial charge is 0.293 e. The van der Waals surface area contributed by atoms with Crippen LogP contribution < -0.4 is 34.5 Å². The van der Waals surface area contributed by atoms with Gasteiger partial charge in [-0.1, -0.05) is 43.2 Å². The Balaban J connectivity index is 0.782. The standard InChI is InChI=1S/C71H73ClN12O14S2/c1-71(2)20-13-50(62(39-71)47-3-5-51(72)6-4-47)44-80-23-25-81(26-24-80)53-7-10-60(69(85)78-99(91,92)58-9-12-63(64(38-58)84(89)90)75-41-46-18-29-96-30-19-46)65(36-53)98-57-32-49-15-22-82(68(49)77-43-57)54-8-11-61(66(37-54)97-56-31-48-14-21-73-67(48)76-42-56)70(86)79-100(93,94)59-34-52(33-55(35-59)83(87)88)74-40-45-16-27-95-28-17-45/h3-12,14-15,21-22,31-38,42-43,45-46,74-75H,13,16-20,23-30,39-41,44H2,1-2H3,(H,73,76)(H,78,85)(H,79,86). The molecule has 520 valence electrons. The lowest BCUT2D eigenvalue weighted by atomic mass is 9.72. The van der Waals surface area contributed by atoms with Gasteiger partial charge in [-0.2, -0.15) is 0 Å². The van der Waals surface area contributed by atoms with E-state index in [1.807, 2.05) is 12.1 Å². The summed E-state index contributed by atoms with van der Waals surface area (Å²) in [6, 6.07) is 31.0. The monoisotopic (exact) mass is 1420 g/mol. The number of piperazine rings is 1. The molecule has 0 bridgehead atoms. The van der Waals surface area contributed by atoms with Crippen LogP contribution in [0, 0.1) is 37.5 Å². The van der Waals surface area contributed by atoms with Crippen molar-refractivity contribution < 1.29 is 55.2 Å². The van der Waals surface area contributed by atoms with Gasteiger partial charge in [0.1, 0.15) is 40.0 Å². The molecule has 1 aliphatic carbocycles. The van der Waals surface area contributed by atoms with E-state index in [4.69, 9.17) is 35.5 Å². The van der Waals surface area contributed by atoms with E-state index in [9.17, 15) is 46.7 Å². The van der Waals surface area contributed by atoms with E-state index >= 15 is 0 Å². The number of halogens is 1. The molecule has 5 aromatic carbocycles. The summed E-state index contributed by atoms with van der Waals surface area (Å²) < 4.78 is 86.2. The molecule has 7 heterocycles. The number of rotatable bonds is 23. The molecular formula is C71H73ClN12O14S2. The van der Waals surface area contributed by atoms with Crippen LogP contribution in [0.5, 0.6) is 23.0 Å². The number of anilines is 3. The number of aromatic amines is 1. The summed E-state index contributed by atoms with van der Waals surface area (Å²) in [7, 11) is -9.49. The largest absolute Gasteiger partial charge is 0.455 e. The van der Waals surface area contributed by atoms with Crippen LogP contribution in [0.15, 0.2) is 161 Å². The van der Waals surface area contributed by atoms with Gasteiger partial charge in [0.15, 0.2) is 0 Å². The average Bonchev–Trinajstić information content (AvgIpc) is 1.42. The first kappa shape index (κ1) is 68.5. The Morgan fingerprint density at radius 2 is 1.30 bits per heavy atom. The Kier molecular flexibility index (Phi) is 19.9. The lowest BCUT2D eigenvalue weighted by Gasteiger charge is -2.39. The molecule has 0 saturated carbocycles. The number of nitro benzene ring substituents is 2. The predicted octanol–water partition coefficient (Wildman–Crippen LogP) is 12.7. The third-order valence-electron chi connectivity index (χ3n) is 18.8. The minimum absolute atomic E-state index is 0.0207. The summed E-state index contributed by atoms with van der Waals surface area (Å²) >= 11 is 6.31. The molecule has 0 spiro atoms. The molecule has 13 rings (SSSR count). The van der Waals surface area contributed by atoms with E-state index in [1.54, 1.807) is 59.4 Å². The van der Waals surface area contributed by atoms with Crippen molar-refractivity contribution >= 4 is 99.5 Å². The van der Waals surface area contributed by atoms with Gasteiger partial charge in [0.2, 0.25) is 0 Å². The van der Waals surface area contributed by atoms with E-state index in [2.05, 4.69) is 65.8 Å². The maximum Gasteiger partial charge on any atom is 0.293 e. The van der Waals surface area contributed by atoms with E-state index in [1.165, 1.54) is 71.6 Å². The number of benzene rings is 5. The van der Waals surface area contributed by atoms with Crippen LogP contribution in [0.4, 0.5) is 28.4 Å². The van der Waals surface area contributed by atoms with Crippen LogP contribution in [0.25, 0.3) is 33.3 Å². The van der Waals surface area contributed by atoms with Crippen molar-refractivity contribution in [2.75, 3.05) is 87.8 Å². The van der Waals surface area contributed by atoms with Crippen LogP contribution in [0.3, 0.4) is 0 Å². The van der Waals surface area contributed by atoms with E-state index in [-0.39, 0.29) is 62.8 Å². The molecule has 3 saturated heterocycles. The van der Waals surface area contributed by atoms with Crippen LogP contribution in [0.2, 0.25) is 5.02 Å². The third kappa shape index (κ3) is 15.9. The molecule has 3 aliphatic heterocycles. The number of hydrogen-bond acceptors (Lipinski definition) is 20. The highest BCUT2D eigenvalue weighted by atomic mass is 35.5. The lowest BCUT2D eigenvalue weighted by molar-refractivity contribution is -0.385. The van der Waals surface area contributed by atoms with Gasteiger partial charge in [-0.05, 0) is 152 Å². The second kappa shape index (κ2) is 29.1. The Hall–Kier alpha value is -9.97. The zero-order valence-electron chi connectivity index (χ0n) is 54.8. The van der Waals surface area contributed by atoms with Crippen LogP contribution in [-0.4, -0.2) is 135 Å². The first-order chi connectivity index (χ1) is 48.1. The molecule has 3 fully saturated rings. The SMILES string of the molecule is CC1(C)CCC(CN2CCN(c3ccc(C(=O)NS(=O)(=O)c4ccc(NCC5CCOCC5)c([N+](=O)[O-])c4)c(Oc4cnc5c(ccn5-c5ccc(C(=O)NS(=O)(=O)c6cc(NCC7CCOCC7)cc([N+](=O)[O-])c6)c(Oc6cnc7[nH]ccc7c6)c5)c4)c3)CC2)=C(c2ccc(Cl)cc2)C1. The molecule has 4 aromatic heterocycles. The van der Waals surface area contributed by atoms with Crippen molar-refractivity contribution in [3.63, 3.8) is 0 Å². The van der Waals surface area contributed by atoms with Gasteiger partial charge in [-0.15, -0.1) is 0 Å². The predicted molar refractivity (Wildman–Crippen MR) is 378 cm³/mol. The number of ether oxygens (including phenoxy) is 4. The quantitative estimate of drug-likeness (QED) is 0.0293. The highest BCUT2D eigenvalue weighted by Gasteiger charge is 2.32. The van der Waals surface area contributed by atoms with Gasteiger partial charge in [0.05, 0.1) is 48.8 Å². The van der Waals surface area contributed by atoms with Crippen molar-refractivity contribution in [2.24, 2.45) is 17.3 Å². The number of pyridine rings is 2. The molecule has 0 unspecified atom stereocenters. The fraction of sp³-hybridized carbons (Fsp3) is 0.324. The minimum atomic E-state index is -4.76. The first-order valence-electron chi connectivity index (χ1n) is 32.9. The summed E-state index contributed by atoms with van der Waals surface area (Å²) in [4.78, 5) is 67.8. The Bertz CT molecular complexity index is 4890. The number of aromatic nitrogens is 4. The van der Waals surface area contributed by atoms with Gasteiger partial charge in [0, 0.05) is 142 Å². The van der Waals surface area contributed by atoms with Crippen molar-refractivity contribution in [3.8, 4) is 28.7 Å². The normalized spacial score (nSPS) is 16.5. The number of carbonyl (C=O) groups excluding carboxylic acids is 2. The molecule has 0 radical (unpaired) electrons. The number of H-pyrrole nitrogens is 1. The Morgan fingerprint density at radius 3 is 1.96 bits per heavy atom. The number of nitro groups is 2. The zero-order chi connectivity index (χ0) is 69.9. The van der Waals surface area contributed by atoms with Crippen LogP contribution >= 0.6 is 11.6 Å². The summed E-state index contributed by atoms with van der Waals surface area (Å²) in [5.74, 6) is -1.55. The maximum atomic E-state index is 14.5. The van der Waals surface area contributed by atoms with Gasteiger partial charge >= 0.3 is 0 Å². The maximum absolute atomic E-state index is 14.5. The summed E-state index contributed by atoms with van der Waals surface area (Å²) in [6.45, 7) is 11.2. The van der Waals surface area contributed by atoms with Gasteiger partial charge < -0.3 is 44.0 Å². The van der Waals surface area contributed by atoms with E-state index < -0.39 is 62.9 Å². The second-order valence-corrected chi connectivity index (χ2v) is 30.1. The first-order valence-corrected chi connectivity index (χ1v) is 36.3. The minimum Gasteiger partial charge on any atom is -0.455 e. The molecule has 4 aliphatic rings. The second-order valence-electron chi connectivity index (χ2n) is 26.3. The van der Waals surface area contributed by atoms with Gasteiger partial charge in [0.25, 0.3) is 43.2 Å². The molecule has 100 heavy (non-hydrogen) atoms. The number of amides is 2. The number of fused-ring (bicyclic) bond motifs is 2. The van der Waals surface area contributed by atoms with Crippen molar-refractivity contribution in [2.45, 2.75) is 68.6 Å². The highest BCUT2D eigenvalue weighted by Crippen LogP contribution is 2.44. The molecule has 9 aromatic rings. The van der Waals surface area contributed by atoms with Crippen molar-refractivity contribution in [1.29, 1.82) is 0 Å². The number of nitrogens with one attached hydrogen (secondary N) is 5. The topological polar surface area (TPSA) is 327 Å². The fourth-order valence-electron chi connectivity index (χ4n) is 13.1. The summed E-state index contributed by atoms with van der Waals surface area (Å²) in [5.41, 5.74) is 5.05. The van der Waals surface area contributed by atoms with Gasteiger partial charge in [-0.3, -0.25) is 34.7 Å². The number of carbonyl (C=O) groups is 2. The molecule has 2 amide bonds. The lowest BCUT2D eigenvalue weighted by Crippen LogP contribution is -2.47. The Morgan fingerprint density at radius 1 is 0.680 bits per heavy atom. The van der Waals surface area contributed by atoms with Crippen LogP contribution in [-0.2, 0) is 29.5 Å². The van der Waals surface area contributed by atoms with Crippen molar-refractivity contribution in [1.82, 2.24) is 33.9 Å². The van der Waals surface area contributed by atoms with Gasteiger partial charge in [-0.25, -0.2) is 36.2 Å². The molecular weight excluding hydrogens is 1340 g/mol. The Labute approximate surface area is 581 Å². The zero-order valence-corrected chi connectivity index (χ0v) is 57.2. The summed E-state index contributed by atoms with van der Waals surface area (Å²) in [5, 5.41) is 32.6. The third-order valence-corrected chi connectivity index (χ3v) is 21.7. The van der Waals surface area contributed by atoms with Crippen molar-refractivity contribution in [3.05, 3.63) is 194 Å². The highest BCUT2D eigenvalue weighted by molar-refractivity contribution is 7.90. The summed E-state index contributed by atoms with van der Waals surface area (Å²) in [6.07, 6.45) is 12.3. The molecule has 29 heteroatoms. The van der Waals surface area contributed by atoms with E-state index in [0.29, 0.717) is 91.1 Å². The average molecular weight is 1420 g/mol. The number of nitrogens with zero attached hydrogens (tertiary/aromatic N) is 7. The number of non-ortho nitro benzene ring substituents is 1.